The molecule has 3 amide bonds. The van der Waals surface area contributed by atoms with E-state index in [0.29, 0.717) is 15.7 Å². The molecule has 1 atom stereocenters. The largest absolute Gasteiger partial charge is 0.462 e. The van der Waals surface area contributed by atoms with Gasteiger partial charge in [-0.25, -0.2) is 9.80 Å². The normalized spacial score (nSPS) is 15.3. The summed E-state index contributed by atoms with van der Waals surface area (Å²) < 4.78 is 5.55. The van der Waals surface area contributed by atoms with E-state index in [-0.39, 0.29) is 30.2 Å². The maximum absolute atomic E-state index is 12.9. The summed E-state index contributed by atoms with van der Waals surface area (Å²) in [5, 5.41) is 4.02. The van der Waals surface area contributed by atoms with Gasteiger partial charge in [-0.1, -0.05) is 0 Å². The standard InChI is InChI=1S/C22H22BrN5O5S/c1-3-27-20(31)17(28(22(27)34)26-19(30)14-9-15(23)12-24-11-14)10-18(29)25-16-7-5-13(6-8-16)21(32)33-4-2/h5-9,11-12,17H,3-4,10H2,1-2H3,(H,25,29)(H,26,30). The lowest BCUT2D eigenvalue weighted by molar-refractivity contribution is -0.130. The van der Waals surface area contributed by atoms with Crippen molar-refractivity contribution < 1.29 is 23.9 Å². The fourth-order valence-corrected chi connectivity index (χ4v) is 4.00. The molecular weight excluding hydrogens is 526 g/mol. The molecule has 1 aromatic carbocycles. The fourth-order valence-electron chi connectivity index (χ4n) is 3.25. The van der Waals surface area contributed by atoms with Gasteiger partial charge in [-0.2, -0.15) is 0 Å². The zero-order chi connectivity index (χ0) is 24.8. The van der Waals surface area contributed by atoms with Crippen molar-refractivity contribution in [2.45, 2.75) is 26.3 Å². The first-order chi connectivity index (χ1) is 16.2. The average Bonchev–Trinajstić information content (AvgIpc) is 3.02. The topological polar surface area (TPSA) is 121 Å². The summed E-state index contributed by atoms with van der Waals surface area (Å²) in [7, 11) is 0. The quantitative estimate of drug-likeness (QED) is 0.382. The molecule has 12 heteroatoms. The summed E-state index contributed by atoms with van der Waals surface area (Å²) in [6.07, 6.45) is 2.65. The van der Waals surface area contributed by atoms with Crippen molar-refractivity contribution in [2.24, 2.45) is 0 Å². The van der Waals surface area contributed by atoms with Crippen LogP contribution in [0.3, 0.4) is 0 Å². The maximum Gasteiger partial charge on any atom is 0.338 e. The zero-order valence-corrected chi connectivity index (χ0v) is 20.8. The predicted octanol–water partition coefficient (Wildman–Crippen LogP) is 2.51. The van der Waals surface area contributed by atoms with Crippen molar-refractivity contribution in [1.29, 1.82) is 0 Å². The lowest BCUT2D eigenvalue weighted by Gasteiger charge is -2.24. The van der Waals surface area contributed by atoms with Crippen molar-refractivity contribution >= 4 is 62.6 Å². The van der Waals surface area contributed by atoms with Crippen LogP contribution in [0.5, 0.6) is 0 Å². The number of anilines is 1. The third-order valence-electron chi connectivity index (χ3n) is 4.86. The van der Waals surface area contributed by atoms with Gasteiger partial charge in [0.25, 0.3) is 11.8 Å². The number of likely N-dealkylation sites (N-methyl/N-ethyl adjacent to an activating group) is 1. The second kappa shape index (κ2) is 11.2. The number of nitrogens with zero attached hydrogens (tertiary/aromatic N) is 3. The molecule has 1 fully saturated rings. The Labute approximate surface area is 209 Å². The minimum atomic E-state index is -1.02. The van der Waals surface area contributed by atoms with Crippen molar-refractivity contribution in [1.82, 2.24) is 20.3 Å². The van der Waals surface area contributed by atoms with Gasteiger partial charge in [0.15, 0.2) is 5.11 Å². The molecule has 10 nitrogen and oxygen atoms in total. The zero-order valence-electron chi connectivity index (χ0n) is 18.4. The highest BCUT2D eigenvalue weighted by atomic mass is 79.9. The van der Waals surface area contributed by atoms with Crippen LogP contribution in [0.1, 0.15) is 41.0 Å². The molecule has 1 aromatic heterocycles. The molecule has 2 heterocycles. The van der Waals surface area contributed by atoms with Gasteiger partial charge in [-0.3, -0.25) is 29.7 Å². The molecule has 34 heavy (non-hydrogen) atoms. The third kappa shape index (κ3) is 5.75. The maximum atomic E-state index is 12.9. The summed E-state index contributed by atoms with van der Waals surface area (Å²) in [4.78, 5) is 55.4. The van der Waals surface area contributed by atoms with E-state index < -0.39 is 29.7 Å². The molecule has 0 spiro atoms. The van der Waals surface area contributed by atoms with Crippen LogP contribution in [-0.2, 0) is 14.3 Å². The van der Waals surface area contributed by atoms with Crippen molar-refractivity contribution in [2.75, 3.05) is 18.5 Å². The minimum absolute atomic E-state index is 0.0976. The van der Waals surface area contributed by atoms with Crippen LogP contribution in [0.2, 0.25) is 0 Å². The van der Waals surface area contributed by atoms with Crippen LogP contribution in [-0.4, -0.2) is 62.9 Å². The lowest BCUT2D eigenvalue weighted by atomic mass is 10.1. The fraction of sp³-hybridized carbons (Fsp3) is 0.273. The molecule has 1 saturated heterocycles. The van der Waals surface area contributed by atoms with Crippen LogP contribution in [0.4, 0.5) is 5.69 Å². The third-order valence-corrected chi connectivity index (χ3v) is 5.71. The minimum Gasteiger partial charge on any atom is -0.462 e. The number of esters is 1. The number of halogens is 1. The Hall–Kier alpha value is -3.38. The van der Waals surface area contributed by atoms with Gasteiger partial charge in [0.1, 0.15) is 6.04 Å². The number of nitrogens with one attached hydrogen (secondary N) is 2. The summed E-state index contributed by atoms with van der Waals surface area (Å²) in [6.45, 7) is 4.00. The first-order valence-electron chi connectivity index (χ1n) is 10.4. The van der Waals surface area contributed by atoms with E-state index in [2.05, 4.69) is 31.7 Å². The number of hydrogen-bond acceptors (Lipinski definition) is 7. The van der Waals surface area contributed by atoms with Crippen LogP contribution < -0.4 is 10.7 Å². The first kappa shape index (κ1) is 25.2. The number of hydrazine groups is 1. The summed E-state index contributed by atoms with van der Waals surface area (Å²) >= 11 is 8.63. The number of thiocarbonyl (C=S) groups is 1. The number of carbonyl (C=O) groups excluding carboxylic acids is 4. The Balaban J connectivity index is 1.71. The number of rotatable bonds is 8. The summed E-state index contributed by atoms with van der Waals surface area (Å²) in [6, 6.07) is 6.73. The molecule has 0 saturated carbocycles. The van der Waals surface area contributed by atoms with Gasteiger partial charge in [-0.05, 0) is 72.3 Å². The first-order valence-corrected chi connectivity index (χ1v) is 11.6. The molecule has 178 valence electrons. The Kier molecular flexibility index (Phi) is 8.29. The number of amides is 3. The Morgan fingerprint density at radius 2 is 1.85 bits per heavy atom. The van der Waals surface area contributed by atoms with E-state index in [1.54, 1.807) is 32.0 Å². The number of hydrogen-bond donors (Lipinski definition) is 2. The van der Waals surface area contributed by atoms with Gasteiger partial charge >= 0.3 is 5.97 Å². The molecule has 0 aliphatic carbocycles. The van der Waals surface area contributed by atoms with Gasteiger partial charge in [0.2, 0.25) is 5.91 Å². The summed E-state index contributed by atoms with van der Waals surface area (Å²) in [5.74, 6) is -1.85. The van der Waals surface area contributed by atoms with Gasteiger partial charge in [0.05, 0.1) is 24.2 Å². The molecule has 0 radical (unpaired) electrons. The molecule has 2 aromatic rings. The second-order valence-corrected chi connectivity index (χ2v) is 8.41. The van der Waals surface area contributed by atoms with E-state index in [0.717, 1.165) is 0 Å². The Morgan fingerprint density at radius 1 is 1.15 bits per heavy atom. The Morgan fingerprint density at radius 3 is 2.47 bits per heavy atom. The number of benzene rings is 1. The molecule has 1 aliphatic heterocycles. The number of carbonyl (C=O) groups is 4. The van der Waals surface area contributed by atoms with Crippen molar-refractivity contribution in [3.63, 3.8) is 0 Å². The van der Waals surface area contributed by atoms with Crippen molar-refractivity contribution in [3.05, 3.63) is 58.3 Å². The van der Waals surface area contributed by atoms with Gasteiger partial charge in [0, 0.05) is 29.1 Å². The second-order valence-electron chi connectivity index (χ2n) is 7.13. The highest BCUT2D eigenvalue weighted by Crippen LogP contribution is 2.21. The Bertz CT molecular complexity index is 1130. The molecular formula is C22H22BrN5O5S. The molecule has 0 bridgehead atoms. The monoisotopic (exact) mass is 547 g/mol. The molecule has 1 aliphatic rings. The van der Waals surface area contributed by atoms with E-state index >= 15 is 0 Å². The van der Waals surface area contributed by atoms with E-state index in [4.69, 9.17) is 17.0 Å². The van der Waals surface area contributed by atoms with E-state index in [1.807, 2.05) is 0 Å². The smallest absolute Gasteiger partial charge is 0.338 e. The highest BCUT2D eigenvalue weighted by Gasteiger charge is 2.44. The van der Waals surface area contributed by atoms with Crippen LogP contribution in [0.25, 0.3) is 0 Å². The number of aromatic nitrogens is 1. The van der Waals surface area contributed by atoms with E-state index in [9.17, 15) is 19.2 Å². The molecule has 1 unspecified atom stereocenters. The summed E-state index contributed by atoms with van der Waals surface area (Å²) in [5.41, 5.74) is 3.66. The van der Waals surface area contributed by atoms with Crippen LogP contribution >= 0.6 is 28.1 Å². The highest BCUT2D eigenvalue weighted by molar-refractivity contribution is 9.10. The lowest BCUT2D eigenvalue weighted by Crippen LogP contribution is -2.49. The molecule has 3 rings (SSSR count). The van der Waals surface area contributed by atoms with Gasteiger partial charge < -0.3 is 10.1 Å². The SMILES string of the molecule is CCOC(=O)c1ccc(NC(=O)CC2C(=O)N(CC)C(=S)N2NC(=O)c2cncc(Br)c2)cc1. The predicted molar refractivity (Wildman–Crippen MR) is 131 cm³/mol. The van der Waals surface area contributed by atoms with Gasteiger partial charge in [-0.15, -0.1) is 0 Å². The number of pyridine rings is 1. The average molecular weight is 548 g/mol. The number of ether oxygens (including phenoxy) is 1. The van der Waals surface area contributed by atoms with Crippen molar-refractivity contribution in [3.8, 4) is 0 Å². The van der Waals surface area contributed by atoms with E-state index in [1.165, 1.54) is 34.4 Å². The van der Waals surface area contributed by atoms with Crippen LogP contribution in [0, 0.1) is 0 Å². The van der Waals surface area contributed by atoms with Crippen LogP contribution in [0.15, 0.2) is 47.2 Å². The molecule has 2 N–H and O–H groups in total.